The Kier molecular flexibility index (Phi) is 3.47. The first kappa shape index (κ1) is 12.4. The van der Waals surface area contributed by atoms with Crippen LogP contribution in [0, 0.1) is 21.4 Å². The minimum absolute atomic E-state index is 0.117. The Labute approximate surface area is 106 Å². The van der Waals surface area contributed by atoms with Crippen molar-refractivity contribution in [3.63, 3.8) is 0 Å². The molecule has 94 valence electrons. The molecule has 1 aliphatic carbocycles. The molecule has 0 amide bonds. The van der Waals surface area contributed by atoms with E-state index in [0.29, 0.717) is 6.04 Å². The van der Waals surface area contributed by atoms with Gasteiger partial charge in [0.2, 0.25) is 0 Å². The summed E-state index contributed by atoms with van der Waals surface area (Å²) < 4.78 is 0. The average molecular weight is 245 g/mol. The maximum Gasteiger partial charge on any atom is 0.287 e. The number of anilines is 1. The smallest absolute Gasteiger partial charge is 0.287 e. The van der Waals surface area contributed by atoms with Crippen molar-refractivity contribution in [1.29, 1.82) is 5.26 Å². The van der Waals surface area contributed by atoms with Crippen LogP contribution in [-0.2, 0) is 0 Å². The second-order valence-electron chi connectivity index (χ2n) is 4.49. The molecule has 0 bridgehead atoms. The van der Waals surface area contributed by atoms with Crippen molar-refractivity contribution >= 4 is 11.4 Å². The van der Waals surface area contributed by atoms with Gasteiger partial charge in [0.05, 0.1) is 4.92 Å². The highest BCUT2D eigenvalue weighted by Crippen LogP contribution is 2.33. The van der Waals surface area contributed by atoms with Crippen molar-refractivity contribution in [3.8, 4) is 6.07 Å². The van der Waals surface area contributed by atoms with E-state index in [4.69, 9.17) is 5.26 Å². The predicted molar refractivity (Wildman–Crippen MR) is 68.5 cm³/mol. The largest absolute Gasteiger partial charge is 0.369 e. The van der Waals surface area contributed by atoms with Crippen LogP contribution in [0.5, 0.6) is 0 Å². The van der Waals surface area contributed by atoms with Gasteiger partial charge in [-0.2, -0.15) is 5.26 Å². The second kappa shape index (κ2) is 5.05. The normalized spacial score (nSPS) is 14.0. The average Bonchev–Trinajstić information content (AvgIpc) is 3.19. The van der Waals surface area contributed by atoms with E-state index in [-0.39, 0.29) is 11.3 Å². The molecular formula is C13H15N3O2. The predicted octanol–water partition coefficient (Wildman–Crippen LogP) is 2.85. The lowest BCUT2D eigenvalue weighted by Crippen LogP contribution is -2.26. The van der Waals surface area contributed by atoms with Gasteiger partial charge in [0.1, 0.15) is 11.6 Å². The van der Waals surface area contributed by atoms with Crippen LogP contribution in [-0.4, -0.2) is 17.5 Å². The lowest BCUT2D eigenvalue weighted by molar-refractivity contribution is -0.385. The molecule has 1 fully saturated rings. The van der Waals surface area contributed by atoms with E-state index in [2.05, 4.69) is 11.8 Å². The molecule has 0 radical (unpaired) electrons. The van der Waals surface area contributed by atoms with Crippen molar-refractivity contribution < 1.29 is 4.92 Å². The van der Waals surface area contributed by atoms with Gasteiger partial charge in [0, 0.05) is 24.3 Å². The molecule has 5 nitrogen and oxygen atoms in total. The molecule has 1 saturated carbocycles. The first-order chi connectivity index (χ1) is 8.67. The van der Waals surface area contributed by atoms with Gasteiger partial charge in [-0.05, 0) is 31.4 Å². The first-order valence-electron chi connectivity index (χ1n) is 6.12. The third-order valence-corrected chi connectivity index (χ3v) is 3.08. The van der Waals surface area contributed by atoms with Crippen molar-refractivity contribution in [2.24, 2.45) is 0 Å². The Morgan fingerprint density at radius 1 is 1.56 bits per heavy atom. The maximum absolute atomic E-state index is 10.8. The summed E-state index contributed by atoms with van der Waals surface area (Å²) in [6.07, 6.45) is 3.35. The van der Waals surface area contributed by atoms with Gasteiger partial charge in [-0.3, -0.25) is 10.1 Å². The first-order valence-corrected chi connectivity index (χ1v) is 6.12. The molecule has 5 heteroatoms. The third kappa shape index (κ3) is 2.43. The molecule has 0 N–H and O–H groups in total. The van der Waals surface area contributed by atoms with Gasteiger partial charge in [0.15, 0.2) is 0 Å². The Bertz CT molecular complexity index is 503. The molecule has 1 aromatic carbocycles. The molecule has 0 atom stereocenters. The van der Waals surface area contributed by atoms with E-state index in [1.807, 2.05) is 6.07 Å². The number of benzene rings is 1. The van der Waals surface area contributed by atoms with Crippen molar-refractivity contribution in [1.82, 2.24) is 0 Å². The molecule has 1 aliphatic rings. The number of nitriles is 1. The van der Waals surface area contributed by atoms with Gasteiger partial charge in [-0.25, -0.2) is 0 Å². The van der Waals surface area contributed by atoms with Crippen LogP contribution in [0.1, 0.15) is 31.7 Å². The van der Waals surface area contributed by atoms with Gasteiger partial charge < -0.3 is 4.90 Å². The molecule has 1 aromatic rings. The number of nitro benzene ring substituents is 1. The molecule has 2 rings (SSSR count). The molecule has 0 spiro atoms. The third-order valence-electron chi connectivity index (χ3n) is 3.08. The molecular weight excluding hydrogens is 230 g/mol. The van der Waals surface area contributed by atoms with E-state index in [1.165, 1.54) is 18.9 Å². The highest BCUT2D eigenvalue weighted by Gasteiger charge is 2.29. The van der Waals surface area contributed by atoms with E-state index in [0.717, 1.165) is 18.7 Å². The Morgan fingerprint density at radius 2 is 2.28 bits per heavy atom. The standard InChI is InChI=1S/C13H15N3O2/c1-2-7-15(11-3-4-11)12-5-6-13(16(17)18)10(8-12)9-14/h5-6,8,11H,2-4,7H2,1H3. The molecule has 18 heavy (non-hydrogen) atoms. The molecule has 0 aliphatic heterocycles. The van der Waals surface area contributed by atoms with Crippen LogP contribution in [0.3, 0.4) is 0 Å². The fourth-order valence-corrected chi connectivity index (χ4v) is 2.10. The number of rotatable bonds is 5. The fourth-order valence-electron chi connectivity index (χ4n) is 2.10. The van der Waals surface area contributed by atoms with Crippen LogP contribution in [0.25, 0.3) is 0 Å². The summed E-state index contributed by atoms with van der Waals surface area (Å²) >= 11 is 0. The van der Waals surface area contributed by atoms with E-state index in [9.17, 15) is 10.1 Å². The summed E-state index contributed by atoms with van der Waals surface area (Å²) in [7, 11) is 0. The highest BCUT2D eigenvalue weighted by molar-refractivity contribution is 5.60. The van der Waals surface area contributed by atoms with Crippen molar-refractivity contribution in [3.05, 3.63) is 33.9 Å². The van der Waals surface area contributed by atoms with E-state index < -0.39 is 4.92 Å². The monoisotopic (exact) mass is 245 g/mol. The SMILES string of the molecule is CCCN(c1ccc([N+](=O)[O-])c(C#N)c1)C1CC1. The minimum atomic E-state index is -0.510. The molecule has 0 unspecified atom stereocenters. The van der Waals surface area contributed by atoms with Crippen LogP contribution in [0.4, 0.5) is 11.4 Å². The van der Waals surface area contributed by atoms with Gasteiger partial charge in [-0.1, -0.05) is 6.92 Å². The van der Waals surface area contributed by atoms with Crippen LogP contribution in [0.15, 0.2) is 18.2 Å². The number of nitrogens with zero attached hydrogens (tertiary/aromatic N) is 3. The van der Waals surface area contributed by atoms with Gasteiger partial charge in [0.25, 0.3) is 5.69 Å². The van der Waals surface area contributed by atoms with E-state index >= 15 is 0 Å². The Hall–Kier alpha value is -2.09. The molecule has 0 heterocycles. The van der Waals surface area contributed by atoms with Crippen LogP contribution >= 0.6 is 0 Å². The zero-order valence-corrected chi connectivity index (χ0v) is 10.3. The zero-order chi connectivity index (χ0) is 13.1. The van der Waals surface area contributed by atoms with Crippen LogP contribution in [0.2, 0.25) is 0 Å². The van der Waals surface area contributed by atoms with Crippen molar-refractivity contribution in [2.45, 2.75) is 32.2 Å². The summed E-state index contributed by atoms with van der Waals surface area (Å²) in [5, 5.41) is 19.8. The number of hydrogen-bond acceptors (Lipinski definition) is 4. The Balaban J connectivity index is 2.33. The topological polar surface area (TPSA) is 70.2 Å². The quantitative estimate of drug-likeness (QED) is 0.590. The summed E-state index contributed by atoms with van der Waals surface area (Å²) in [6, 6.07) is 7.25. The fraction of sp³-hybridized carbons (Fsp3) is 0.462. The van der Waals surface area contributed by atoms with Gasteiger partial charge >= 0.3 is 0 Å². The van der Waals surface area contributed by atoms with Crippen molar-refractivity contribution in [2.75, 3.05) is 11.4 Å². The van der Waals surface area contributed by atoms with Crippen LogP contribution < -0.4 is 4.90 Å². The second-order valence-corrected chi connectivity index (χ2v) is 4.49. The number of hydrogen-bond donors (Lipinski definition) is 0. The minimum Gasteiger partial charge on any atom is -0.369 e. The lowest BCUT2D eigenvalue weighted by Gasteiger charge is -2.24. The van der Waals surface area contributed by atoms with Gasteiger partial charge in [-0.15, -0.1) is 0 Å². The lowest BCUT2D eigenvalue weighted by atomic mass is 10.1. The molecule has 0 aromatic heterocycles. The zero-order valence-electron chi connectivity index (χ0n) is 10.3. The molecule has 0 saturated heterocycles. The summed E-state index contributed by atoms with van der Waals surface area (Å²) in [5.41, 5.74) is 0.939. The Morgan fingerprint density at radius 3 is 2.78 bits per heavy atom. The summed E-state index contributed by atoms with van der Waals surface area (Å²) in [4.78, 5) is 12.5. The summed E-state index contributed by atoms with van der Waals surface area (Å²) in [5.74, 6) is 0. The highest BCUT2D eigenvalue weighted by atomic mass is 16.6. The van der Waals surface area contributed by atoms with E-state index in [1.54, 1.807) is 12.1 Å². The summed E-state index contributed by atoms with van der Waals surface area (Å²) in [6.45, 7) is 3.03. The number of nitro groups is 1. The maximum atomic E-state index is 10.8.